The summed E-state index contributed by atoms with van der Waals surface area (Å²) in [6.45, 7) is 4.69. The highest BCUT2D eigenvalue weighted by Gasteiger charge is 2.12. The van der Waals surface area contributed by atoms with Crippen molar-refractivity contribution in [2.45, 2.75) is 20.4 Å². The molecule has 24 heavy (non-hydrogen) atoms. The second kappa shape index (κ2) is 5.87. The first-order chi connectivity index (χ1) is 11.6. The zero-order valence-electron chi connectivity index (χ0n) is 13.3. The van der Waals surface area contributed by atoms with Gasteiger partial charge in [-0.05, 0) is 49.2 Å². The van der Waals surface area contributed by atoms with E-state index in [-0.39, 0.29) is 0 Å². The number of aromatic nitrogens is 4. The van der Waals surface area contributed by atoms with Gasteiger partial charge in [-0.1, -0.05) is 33.2 Å². The lowest BCUT2D eigenvalue weighted by atomic mass is 10.1. The number of halogens is 1. The topological polar surface area (TPSA) is 56.7 Å². The molecule has 6 heteroatoms. The molecule has 0 saturated heterocycles. The average Bonchev–Trinajstić information content (AvgIpc) is 3.17. The van der Waals surface area contributed by atoms with Gasteiger partial charge in [0.1, 0.15) is 6.54 Å². The van der Waals surface area contributed by atoms with Crippen molar-refractivity contribution in [3.8, 4) is 11.4 Å². The van der Waals surface area contributed by atoms with E-state index in [1.54, 1.807) is 0 Å². The molecule has 0 aliphatic carbocycles. The summed E-state index contributed by atoms with van der Waals surface area (Å²) < 4.78 is 8.42. The maximum Gasteiger partial charge on any atom is 0.246 e. The van der Waals surface area contributed by atoms with Crippen LogP contribution in [-0.4, -0.2) is 19.7 Å². The van der Waals surface area contributed by atoms with Crippen LogP contribution in [0.3, 0.4) is 0 Å². The Morgan fingerprint density at radius 2 is 1.96 bits per heavy atom. The molecule has 0 atom stereocenters. The third kappa shape index (κ3) is 2.73. The van der Waals surface area contributed by atoms with Crippen LogP contribution in [-0.2, 0) is 6.54 Å². The smallest absolute Gasteiger partial charge is 0.246 e. The van der Waals surface area contributed by atoms with Gasteiger partial charge in [0.15, 0.2) is 0 Å². The van der Waals surface area contributed by atoms with Crippen molar-refractivity contribution in [1.82, 2.24) is 19.7 Å². The first-order valence-corrected chi connectivity index (χ1v) is 8.40. The molecule has 2 aromatic heterocycles. The Morgan fingerprint density at radius 1 is 1.12 bits per heavy atom. The lowest BCUT2D eigenvalue weighted by Gasteiger charge is -2.03. The van der Waals surface area contributed by atoms with Gasteiger partial charge in [0.2, 0.25) is 11.7 Å². The normalized spacial score (nSPS) is 11.3. The predicted octanol–water partition coefficient (Wildman–Crippen LogP) is 4.51. The van der Waals surface area contributed by atoms with Crippen LogP contribution in [0.15, 0.2) is 51.7 Å². The molecule has 0 amide bonds. The van der Waals surface area contributed by atoms with E-state index in [1.165, 1.54) is 11.1 Å². The Hall–Kier alpha value is -2.47. The molecule has 0 fully saturated rings. The van der Waals surface area contributed by atoms with E-state index in [9.17, 15) is 0 Å². The average molecular weight is 383 g/mol. The molecule has 0 unspecified atom stereocenters. The Morgan fingerprint density at radius 3 is 2.79 bits per heavy atom. The van der Waals surface area contributed by atoms with Crippen LogP contribution in [0.1, 0.15) is 17.0 Å². The third-order valence-electron chi connectivity index (χ3n) is 4.09. The van der Waals surface area contributed by atoms with E-state index < -0.39 is 0 Å². The van der Waals surface area contributed by atoms with Crippen LogP contribution < -0.4 is 0 Å². The molecule has 2 heterocycles. The van der Waals surface area contributed by atoms with Crippen molar-refractivity contribution >= 4 is 27.0 Å². The molecule has 0 saturated carbocycles. The Kier molecular flexibility index (Phi) is 3.69. The zero-order valence-corrected chi connectivity index (χ0v) is 14.9. The maximum atomic E-state index is 5.41. The van der Waals surface area contributed by atoms with Crippen LogP contribution in [0.2, 0.25) is 0 Å². The molecule has 0 aliphatic rings. The van der Waals surface area contributed by atoms with Gasteiger partial charge in [0.05, 0.1) is 17.4 Å². The zero-order chi connectivity index (χ0) is 16.7. The van der Waals surface area contributed by atoms with Gasteiger partial charge in [-0.3, -0.25) is 0 Å². The Bertz CT molecular complexity index is 1030. The van der Waals surface area contributed by atoms with Crippen molar-refractivity contribution in [3.05, 3.63) is 64.2 Å². The van der Waals surface area contributed by atoms with Crippen molar-refractivity contribution < 1.29 is 4.52 Å². The van der Waals surface area contributed by atoms with E-state index >= 15 is 0 Å². The highest BCUT2D eigenvalue weighted by Crippen LogP contribution is 2.22. The summed E-state index contributed by atoms with van der Waals surface area (Å²) in [5.41, 5.74) is 5.44. The second-order valence-corrected chi connectivity index (χ2v) is 6.74. The van der Waals surface area contributed by atoms with Crippen molar-refractivity contribution in [3.63, 3.8) is 0 Å². The number of aryl methyl sites for hydroxylation is 2. The van der Waals surface area contributed by atoms with Crippen LogP contribution >= 0.6 is 15.9 Å². The molecule has 4 aromatic rings. The minimum Gasteiger partial charge on any atom is -0.337 e. The predicted molar refractivity (Wildman–Crippen MR) is 95.7 cm³/mol. The summed E-state index contributed by atoms with van der Waals surface area (Å²) in [5.74, 6) is 1.14. The minimum atomic E-state index is 0.500. The van der Waals surface area contributed by atoms with Gasteiger partial charge in [0.25, 0.3) is 0 Å². The van der Waals surface area contributed by atoms with Crippen LogP contribution in [0.5, 0.6) is 0 Å². The van der Waals surface area contributed by atoms with Gasteiger partial charge < -0.3 is 9.09 Å². The monoisotopic (exact) mass is 382 g/mol. The summed E-state index contributed by atoms with van der Waals surface area (Å²) in [4.78, 5) is 8.96. The SMILES string of the molecule is Cc1cc2ncn(Cc3nc(-c4cccc(Br)c4)no3)c2cc1C. The number of hydrogen-bond acceptors (Lipinski definition) is 4. The first-order valence-electron chi connectivity index (χ1n) is 7.61. The van der Waals surface area contributed by atoms with E-state index in [4.69, 9.17) is 4.52 Å². The summed E-state index contributed by atoms with van der Waals surface area (Å²) in [6, 6.07) is 12.1. The van der Waals surface area contributed by atoms with E-state index in [0.29, 0.717) is 18.3 Å². The Labute approximate surface area is 147 Å². The van der Waals surface area contributed by atoms with Crippen molar-refractivity contribution in [2.24, 2.45) is 0 Å². The van der Waals surface area contributed by atoms with Crippen LogP contribution in [0.25, 0.3) is 22.4 Å². The lowest BCUT2D eigenvalue weighted by Crippen LogP contribution is -1.98. The number of hydrogen-bond donors (Lipinski definition) is 0. The largest absolute Gasteiger partial charge is 0.337 e. The number of rotatable bonds is 3. The molecule has 0 spiro atoms. The molecule has 0 N–H and O–H groups in total. The van der Waals surface area contributed by atoms with Crippen molar-refractivity contribution in [2.75, 3.05) is 0 Å². The first kappa shape index (κ1) is 15.1. The van der Waals surface area contributed by atoms with Gasteiger partial charge >= 0.3 is 0 Å². The summed E-state index contributed by atoms with van der Waals surface area (Å²) in [6.07, 6.45) is 1.81. The molecule has 0 bridgehead atoms. The molecular formula is C18H15BrN4O. The summed E-state index contributed by atoms with van der Waals surface area (Å²) in [7, 11) is 0. The van der Waals surface area contributed by atoms with Gasteiger partial charge in [-0.15, -0.1) is 0 Å². The summed E-state index contributed by atoms with van der Waals surface area (Å²) >= 11 is 3.46. The quantitative estimate of drug-likeness (QED) is 0.522. The van der Waals surface area contributed by atoms with Gasteiger partial charge in [-0.2, -0.15) is 4.98 Å². The molecule has 4 rings (SSSR count). The number of fused-ring (bicyclic) bond motifs is 1. The third-order valence-corrected chi connectivity index (χ3v) is 4.59. The highest BCUT2D eigenvalue weighted by molar-refractivity contribution is 9.10. The molecular weight excluding hydrogens is 368 g/mol. The number of imidazole rings is 1. The molecule has 0 radical (unpaired) electrons. The van der Waals surface area contributed by atoms with E-state index in [0.717, 1.165) is 21.1 Å². The molecule has 5 nitrogen and oxygen atoms in total. The second-order valence-electron chi connectivity index (χ2n) is 5.82. The standard InChI is InChI=1S/C18H15BrN4O/c1-11-6-15-16(7-12(11)2)23(10-20-15)9-17-21-18(22-24-17)13-4-3-5-14(19)8-13/h3-8,10H,9H2,1-2H3. The van der Waals surface area contributed by atoms with E-state index in [2.05, 4.69) is 57.0 Å². The number of nitrogens with zero attached hydrogens (tertiary/aromatic N) is 4. The minimum absolute atomic E-state index is 0.500. The van der Waals surface area contributed by atoms with Crippen molar-refractivity contribution in [1.29, 1.82) is 0 Å². The summed E-state index contributed by atoms with van der Waals surface area (Å²) in [5, 5.41) is 4.08. The fourth-order valence-corrected chi connectivity index (χ4v) is 3.05. The number of benzene rings is 2. The van der Waals surface area contributed by atoms with Gasteiger partial charge in [-0.25, -0.2) is 4.98 Å². The lowest BCUT2D eigenvalue weighted by molar-refractivity contribution is 0.372. The van der Waals surface area contributed by atoms with Crippen LogP contribution in [0.4, 0.5) is 0 Å². The van der Waals surface area contributed by atoms with E-state index in [1.807, 2.05) is 35.2 Å². The Balaban J connectivity index is 1.66. The highest BCUT2D eigenvalue weighted by atomic mass is 79.9. The van der Waals surface area contributed by atoms with Gasteiger partial charge in [0, 0.05) is 10.0 Å². The molecule has 120 valence electrons. The molecule has 2 aromatic carbocycles. The maximum absolute atomic E-state index is 5.41. The van der Waals surface area contributed by atoms with Crippen LogP contribution in [0, 0.1) is 13.8 Å². The molecule has 0 aliphatic heterocycles. The fraction of sp³-hybridized carbons (Fsp3) is 0.167. The fourth-order valence-electron chi connectivity index (χ4n) is 2.65.